The molecule has 4 atom stereocenters. The average molecular weight is 442 g/mol. The van der Waals surface area contributed by atoms with Gasteiger partial charge >= 0.3 is 0 Å². The quantitative estimate of drug-likeness (QED) is 0.437. The summed E-state index contributed by atoms with van der Waals surface area (Å²) in [5.41, 5.74) is 1.84. The summed E-state index contributed by atoms with van der Waals surface area (Å²) in [6.07, 6.45) is 0.656. The van der Waals surface area contributed by atoms with Gasteiger partial charge in [0.05, 0.1) is 32.0 Å². The molecule has 6 rings (SSSR count). The first-order valence-electron chi connectivity index (χ1n) is 11.1. The van der Waals surface area contributed by atoms with Crippen LogP contribution in [0.3, 0.4) is 0 Å². The summed E-state index contributed by atoms with van der Waals surface area (Å²) >= 11 is 0. The standard InChI is InChI=1S/C24H26O8/c1-3-16(25-7-18-9-27-18)4-2-15(1)24-22(31-13-20-11-29-20)5-17(26-8-19-10-28-19)6-23(24)32-14-21-12-30-21/h1-6,18-21H,7-14H2. The molecule has 32 heavy (non-hydrogen) atoms. The van der Waals surface area contributed by atoms with Crippen molar-refractivity contribution in [3.05, 3.63) is 36.4 Å². The summed E-state index contributed by atoms with van der Waals surface area (Å²) in [5.74, 6) is 2.88. The van der Waals surface area contributed by atoms with Gasteiger partial charge in [0.1, 0.15) is 73.8 Å². The highest BCUT2D eigenvalue weighted by Crippen LogP contribution is 2.43. The fourth-order valence-electron chi connectivity index (χ4n) is 3.28. The summed E-state index contributed by atoms with van der Waals surface area (Å²) in [6.45, 7) is 5.01. The van der Waals surface area contributed by atoms with Gasteiger partial charge in [-0.3, -0.25) is 0 Å². The molecule has 0 bridgehead atoms. The van der Waals surface area contributed by atoms with Gasteiger partial charge in [-0.2, -0.15) is 0 Å². The van der Waals surface area contributed by atoms with E-state index in [9.17, 15) is 0 Å². The van der Waals surface area contributed by atoms with E-state index in [4.69, 9.17) is 37.9 Å². The number of benzene rings is 2. The molecular formula is C24H26O8. The molecule has 4 saturated heterocycles. The van der Waals surface area contributed by atoms with Crippen molar-refractivity contribution in [2.75, 3.05) is 52.9 Å². The summed E-state index contributed by atoms with van der Waals surface area (Å²) in [4.78, 5) is 0. The van der Waals surface area contributed by atoms with Crippen molar-refractivity contribution < 1.29 is 37.9 Å². The lowest BCUT2D eigenvalue weighted by molar-refractivity contribution is 0.243. The van der Waals surface area contributed by atoms with Crippen LogP contribution in [0.5, 0.6) is 23.0 Å². The lowest BCUT2D eigenvalue weighted by Crippen LogP contribution is -2.10. The fourth-order valence-corrected chi connectivity index (χ4v) is 3.28. The molecule has 0 aromatic heterocycles. The van der Waals surface area contributed by atoms with Crippen molar-refractivity contribution in [2.45, 2.75) is 24.4 Å². The molecule has 4 unspecified atom stereocenters. The SMILES string of the molecule is c1cc(-c2c(OCC3CO3)cc(OCC3CO3)cc2OCC2CO2)ccc1OCC1CO1. The number of hydrogen-bond donors (Lipinski definition) is 0. The minimum atomic E-state index is 0.136. The molecule has 0 N–H and O–H groups in total. The van der Waals surface area contributed by atoms with E-state index in [1.165, 1.54) is 0 Å². The smallest absolute Gasteiger partial charge is 0.134 e. The van der Waals surface area contributed by atoms with Gasteiger partial charge in [0.2, 0.25) is 0 Å². The molecule has 170 valence electrons. The van der Waals surface area contributed by atoms with E-state index in [2.05, 4.69) is 0 Å². The minimum Gasteiger partial charge on any atom is -0.491 e. The lowest BCUT2D eigenvalue weighted by Gasteiger charge is -2.18. The van der Waals surface area contributed by atoms with Gasteiger partial charge in [0.15, 0.2) is 0 Å². The fraction of sp³-hybridized carbons (Fsp3) is 0.500. The van der Waals surface area contributed by atoms with Crippen LogP contribution < -0.4 is 18.9 Å². The Balaban J connectivity index is 1.28. The molecule has 0 saturated carbocycles. The van der Waals surface area contributed by atoms with E-state index in [1.54, 1.807) is 0 Å². The van der Waals surface area contributed by atoms with Crippen LogP contribution in [0.25, 0.3) is 11.1 Å². The summed E-state index contributed by atoms with van der Waals surface area (Å²) in [7, 11) is 0. The number of hydrogen-bond acceptors (Lipinski definition) is 8. The predicted octanol–water partition coefficient (Wildman–Crippen LogP) is 2.46. The first-order chi connectivity index (χ1) is 15.8. The second-order valence-electron chi connectivity index (χ2n) is 8.38. The van der Waals surface area contributed by atoms with Crippen molar-refractivity contribution in [1.82, 2.24) is 0 Å². The molecular weight excluding hydrogens is 416 g/mol. The Kier molecular flexibility index (Phi) is 5.52. The van der Waals surface area contributed by atoms with Crippen molar-refractivity contribution in [3.63, 3.8) is 0 Å². The molecule has 0 spiro atoms. The molecule has 8 nitrogen and oxygen atoms in total. The molecule has 0 amide bonds. The zero-order valence-electron chi connectivity index (χ0n) is 17.7. The Bertz CT molecular complexity index is 893. The maximum Gasteiger partial charge on any atom is 0.134 e. The lowest BCUT2D eigenvalue weighted by atomic mass is 10.0. The Hall–Kier alpha value is -2.52. The molecule has 2 aromatic rings. The Morgan fingerprint density at radius 2 is 0.969 bits per heavy atom. The molecule has 4 aliphatic rings. The van der Waals surface area contributed by atoms with Gasteiger partial charge in [-0.25, -0.2) is 0 Å². The van der Waals surface area contributed by atoms with Gasteiger partial charge in [-0.15, -0.1) is 0 Å². The topological polar surface area (TPSA) is 87.0 Å². The van der Waals surface area contributed by atoms with Crippen LogP contribution in [0.2, 0.25) is 0 Å². The molecule has 0 aliphatic carbocycles. The summed E-state index contributed by atoms with van der Waals surface area (Å²) in [5, 5.41) is 0. The van der Waals surface area contributed by atoms with Crippen molar-refractivity contribution in [2.24, 2.45) is 0 Å². The third kappa shape index (κ3) is 5.45. The van der Waals surface area contributed by atoms with Gasteiger partial charge in [-0.05, 0) is 17.7 Å². The first-order valence-corrected chi connectivity index (χ1v) is 11.1. The van der Waals surface area contributed by atoms with Crippen molar-refractivity contribution in [3.8, 4) is 34.1 Å². The van der Waals surface area contributed by atoms with Crippen molar-refractivity contribution in [1.29, 1.82) is 0 Å². The highest BCUT2D eigenvalue weighted by molar-refractivity contribution is 5.78. The number of ether oxygens (including phenoxy) is 8. The van der Waals surface area contributed by atoms with Crippen LogP contribution in [-0.4, -0.2) is 77.3 Å². The third-order valence-electron chi connectivity index (χ3n) is 5.51. The van der Waals surface area contributed by atoms with Crippen LogP contribution in [0.4, 0.5) is 0 Å². The van der Waals surface area contributed by atoms with E-state index in [0.29, 0.717) is 43.7 Å². The Morgan fingerprint density at radius 1 is 0.562 bits per heavy atom. The molecule has 8 heteroatoms. The van der Waals surface area contributed by atoms with E-state index >= 15 is 0 Å². The van der Waals surface area contributed by atoms with Gasteiger partial charge in [0.25, 0.3) is 0 Å². The molecule has 2 aromatic carbocycles. The molecule has 0 radical (unpaired) electrons. The molecule has 4 aliphatic heterocycles. The van der Waals surface area contributed by atoms with E-state index < -0.39 is 0 Å². The van der Waals surface area contributed by atoms with Gasteiger partial charge < -0.3 is 37.9 Å². The second kappa shape index (κ2) is 8.78. The van der Waals surface area contributed by atoms with E-state index in [-0.39, 0.29) is 24.4 Å². The average Bonchev–Trinajstić information content (AvgIpc) is 3.65. The third-order valence-corrected chi connectivity index (χ3v) is 5.51. The molecule has 4 fully saturated rings. The van der Waals surface area contributed by atoms with Crippen LogP contribution in [0, 0.1) is 0 Å². The number of epoxide rings is 4. The monoisotopic (exact) mass is 442 g/mol. The van der Waals surface area contributed by atoms with E-state index in [1.807, 2.05) is 36.4 Å². The van der Waals surface area contributed by atoms with Crippen LogP contribution >= 0.6 is 0 Å². The Labute approximate surface area is 186 Å². The van der Waals surface area contributed by atoms with Gasteiger partial charge in [-0.1, -0.05) is 12.1 Å². The molecule has 4 heterocycles. The number of rotatable bonds is 13. The summed E-state index contributed by atoms with van der Waals surface area (Å²) < 4.78 is 45.2. The summed E-state index contributed by atoms with van der Waals surface area (Å²) in [6, 6.07) is 11.8. The first kappa shape index (κ1) is 20.1. The second-order valence-corrected chi connectivity index (χ2v) is 8.38. The van der Waals surface area contributed by atoms with E-state index in [0.717, 1.165) is 43.3 Å². The largest absolute Gasteiger partial charge is 0.491 e. The maximum absolute atomic E-state index is 6.16. The van der Waals surface area contributed by atoms with Gasteiger partial charge in [0, 0.05) is 12.1 Å². The van der Waals surface area contributed by atoms with Crippen LogP contribution in [-0.2, 0) is 18.9 Å². The maximum atomic E-state index is 6.16. The zero-order chi connectivity index (χ0) is 21.3. The highest BCUT2D eigenvalue weighted by atomic mass is 16.6. The normalized spacial score (nSPS) is 26.9. The van der Waals surface area contributed by atoms with Crippen LogP contribution in [0.1, 0.15) is 0 Å². The Morgan fingerprint density at radius 3 is 1.41 bits per heavy atom. The predicted molar refractivity (Wildman–Crippen MR) is 113 cm³/mol. The highest BCUT2D eigenvalue weighted by Gasteiger charge is 2.28. The zero-order valence-corrected chi connectivity index (χ0v) is 17.7. The van der Waals surface area contributed by atoms with Crippen LogP contribution in [0.15, 0.2) is 36.4 Å². The minimum absolute atomic E-state index is 0.136. The van der Waals surface area contributed by atoms with Crippen molar-refractivity contribution >= 4 is 0 Å².